The Morgan fingerprint density at radius 2 is 1.62 bits per heavy atom. The summed E-state index contributed by atoms with van der Waals surface area (Å²) in [6.45, 7) is 1.98. The van der Waals surface area contributed by atoms with E-state index in [-0.39, 0.29) is 17.0 Å². The molecule has 0 saturated heterocycles. The van der Waals surface area contributed by atoms with Crippen LogP contribution in [0.3, 0.4) is 0 Å². The second-order valence-corrected chi connectivity index (χ2v) is 5.46. The van der Waals surface area contributed by atoms with Crippen molar-refractivity contribution >= 4 is 11.2 Å². The van der Waals surface area contributed by atoms with Gasteiger partial charge in [-0.1, -0.05) is 17.7 Å². The van der Waals surface area contributed by atoms with Crippen LogP contribution in [0.2, 0.25) is 0 Å². The van der Waals surface area contributed by atoms with Crippen molar-refractivity contribution in [1.82, 2.24) is 15.0 Å². The standard InChI is InChI=1S/C18H12FN3O2/c1-10-2-4-12(5-3-10)18-22-16-14(24-18)17(23)21-15(20-16)11-6-8-13(19)9-7-11/h2-9H,1H3,(H,20,21,23). The van der Waals surface area contributed by atoms with Crippen LogP contribution in [0.4, 0.5) is 4.39 Å². The molecule has 2 aromatic heterocycles. The highest BCUT2D eigenvalue weighted by atomic mass is 19.1. The van der Waals surface area contributed by atoms with Gasteiger partial charge >= 0.3 is 0 Å². The van der Waals surface area contributed by atoms with E-state index in [1.807, 2.05) is 31.2 Å². The number of hydrogen-bond donors (Lipinski definition) is 1. The van der Waals surface area contributed by atoms with Gasteiger partial charge in [-0.3, -0.25) is 4.79 Å². The molecule has 118 valence electrons. The van der Waals surface area contributed by atoms with Crippen molar-refractivity contribution in [3.05, 3.63) is 70.3 Å². The number of oxazole rings is 1. The SMILES string of the molecule is Cc1ccc(-c2nc3nc(-c4ccc(F)cc4)[nH]c(=O)c3o2)cc1. The molecule has 0 fully saturated rings. The minimum absolute atomic E-state index is 0.0661. The molecule has 5 nitrogen and oxygen atoms in total. The molecule has 0 bridgehead atoms. The topological polar surface area (TPSA) is 71.8 Å². The van der Waals surface area contributed by atoms with Crippen molar-refractivity contribution in [1.29, 1.82) is 0 Å². The Kier molecular flexibility index (Phi) is 3.23. The molecule has 0 atom stereocenters. The fourth-order valence-electron chi connectivity index (χ4n) is 2.40. The molecule has 0 aliphatic rings. The summed E-state index contributed by atoms with van der Waals surface area (Å²) in [6.07, 6.45) is 0. The van der Waals surface area contributed by atoms with Crippen molar-refractivity contribution in [2.24, 2.45) is 0 Å². The minimum atomic E-state index is -0.426. The quantitative estimate of drug-likeness (QED) is 0.611. The molecule has 0 saturated carbocycles. The zero-order valence-corrected chi connectivity index (χ0v) is 12.7. The Balaban J connectivity index is 1.85. The number of aryl methyl sites for hydroxylation is 1. The smallest absolute Gasteiger partial charge is 0.296 e. The third-order valence-corrected chi connectivity index (χ3v) is 3.68. The summed E-state index contributed by atoms with van der Waals surface area (Å²) in [4.78, 5) is 23.5. The van der Waals surface area contributed by atoms with E-state index in [2.05, 4.69) is 15.0 Å². The van der Waals surface area contributed by atoms with E-state index in [1.165, 1.54) is 12.1 Å². The molecule has 1 N–H and O–H groups in total. The fourth-order valence-corrected chi connectivity index (χ4v) is 2.40. The Labute approximate surface area is 135 Å². The third-order valence-electron chi connectivity index (χ3n) is 3.68. The van der Waals surface area contributed by atoms with Crippen LogP contribution in [0.25, 0.3) is 34.1 Å². The molecule has 0 unspecified atom stereocenters. The monoisotopic (exact) mass is 321 g/mol. The number of aromatic amines is 1. The lowest BCUT2D eigenvalue weighted by Crippen LogP contribution is -2.08. The van der Waals surface area contributed by atoms with Crippen molar-refractivity contribution < 1.29 is 8.81 Å². The lowest BCUT2D eigenvalue weighted by molar-refractivity contribution is 0.614. The zero-order valence-electron chi connectivity index (χ0n) is 12.7. The Morgan fingerprint density at radius 3 is 2.33 bits per heavy atom. The summed E-state index contributed by atoms with van der Waals surface area (Å²) in [7, 11) is 0. The van der Waals surface area contributed by atoms with Gasteiger partial charge in [-0.15, -0.1) is 0 Å². The summed E-state index contributed by atoms with van der Waals surface area (Å²) in [5.41, 5.74) is 2.33. The number of nitrogens with zero attached hydrogens (tertiary/aromatic N) is 2. The number of hydrogen-bond acceptors (Lipinski definition) is 4. The molecule has 0 radical (unpaired) electrons. The Bertz CT molecular complexity index is 1080. The van der Waals surface area contributed by atoms with Gasteiger partial charge in [-0.05, 0) is 43.3 Å². The van der Waals surface area contributed by atoms with Crippen LogP contribution in [0.15, 0.2) is 57.7 Å². The van der Waals surface area contributed by atoms with E-state index >= 15 is 0 Å². The van der Waals surface area contributed by atoms with E-state index in [4.69, 9.17) is 4.42 Å². The third kappa shape index (κ3) is 2.48. The highest BCUT2D eigenvalue weighted by Crippen LogP contribution is 2.23. The number of aromatic nitrogens is 3. The summed E-state index contributed by atoms with van der Waals surface area (Å²) in [5, 5.41) is 0. The first-order chi connectivity index (χ1) is 11.6. The minimum Gasteiger partial charge on any atom is -0.428 e. The molecule has 4 aromatic rings. The summed E-state index contributed by atoms with van der Waals surface area (Å²) in [6, 6.07) is 13.3. The van der Waals surface area contributed by atoms with E-state index in [9.17, 15) is 9.18 Å². The van der Waals surface area contributed by atoms with Gasteiger partial charge in [0.15, 0.2) is 0 Å². The molecule has 4 rings (SSSR count). The number of H-pyrrole nitrogens is 1. The predicted octanol–water partition coefficient (Wildman–Crippen LogP) is 3.69. The lowest BCUT2D eigenvalue weighted by Gasteiger charge is -1.99. The average molecular weight is 321 g/mol. The summed E-state index contributed by atoms with van der Waals surface area (Å²) < 4.78 is 18.6. The van der Waals surface area contributed by atoms with E-state index in [0.29, 0.717) is 17.3 Å². The van der Waals surface area contributed by atoms with E-state index < -0.39 is 5.56 Å². The van der Waals surface area contributed by atoms with Crippen LogP contribution in [-0.4, -0.2) is 15.0 Å². The largest absolute Gasteiger partial charge is 0.428 e. The molecular formula is C18H12FN3O2. The van der Waals surface area contributed by atoms with Gasteiger partial charge < -0.3 is 9.40 Å². The van der Waals surface area contributed by atoms with Gasteiger partial charge in [0.25, 0.3) is 5.56 Å². The summed E-state index contributed by atoms with van der Waals surface area (Å²) in [5.74, 6) is 0.292. The fraction of sp³-hybridized carbons (Fsp3) is 0.0556. The Hall–Kier alpha value is -3.28. The van der Waals surface area contributed by atoms with Gasteiger partial charge in [-0.2, -0.15) is 4.98 Å². The molecule has 2 aromatic carbocycles. The number of benzene rings is 2. The van der Waals surface area contributed by atoms with Crippen LogP contribution < -0.4 is 5.56 Å². The zero-order chi connectivity index (χ0) is 16.7. The first kappa shape index (κ1) is 14.3. The molecule has 6 heteroatoms. The first-order valence-electron chi connectivity index (χ1n) is 7.34. The highest BCUT2D eigenvalue weighted by Gasteiger charge is 2.14. The molecule has 24 heavy (non-hydrogen) atoms. The molecule has 0 aliphatic heterocycles. The van der Waals surface area contributed by atoms with Gasteiger partial charge in [0.05, 0.1) is 0 Å². The summed E-state index contributed by atoms with van der Waals surface area (Å²) >= 11 is 0. The van der Waals surface area contributed by atoms with Gasteiger partial charge in [-0.25, -0.2) is 9.37 Å². The van der Waals surface area contributed by atoms with Gasteiger partial charge in [0, 0.05) is 11.1 Å². The first-order valence-corrected chi connectivity index (χ1v) is 7.34. The maximum absolute atomic E-state index is 13.0. The van der Waals surface area contributed by atoms with Crippen LogP contribution in [0, 0.1) is 12.7 Å². The number of halogens is 1. The lowest BCUT2D eigenvalue weighted by atomic mass is 10.1. The molecular weight excluding hydrogens is 309 g/mol. The van der Waals surface area contributed by atoms with Crippen LogP contribution in [0.5, 0.6) is 0 Å². The second kappa shape index (κ2) is 5.42. The number of fused-ring (bicyclic) bond motifs is 1. The van der Waals surface area contributed by atoms with Crippen LogP contribution >= 0.6 is 0 Å². The maximum Gasteiger partial charge on any atom is 0.296 e. The number of rotatable bonds is 2. The van der Waals surface area contributed by atoms with E-state index in [0.717, 1.165) is 11.1 Å². The van der Waals surface area contributed by atoms with Gasteiger partial charge in [0.2, 0.25) is 17.1 Å². The van der Waals surface area contributed by atoms with E-state index in [1.54, 1.807) is 12.1 Å². The average Bonchev–Trinajstić information content (AvgIpc) is 3.01. The number of nitrogens with one attached hydrogen (secondary N) is 1. The van der Waals surface area contributed by atoms with Crippen LogP contribution in [0.1, 0.15) is 5.56 Å². The normalized spacial score (nSPS) is 11.1. The highest BCUT2D eigenvalue weighted by molar-refractivity contribution is 5.73. The van der Waals surface area contributed by atoms with Crippen molar-refractivity contribution in [3.8, 4) is 22.8 Å². The molecule has 2 heterocycles. The Morgan fingerprint density at radius 1 is 0.958 bits per heavy atom. The predicted molar refractivity (Wildman–Crippen MR) is 88.0 cm³/mol. The van der Waals surface area contributed by atoms with Crippen molar-refractivity contribution in [2.75, 3.05) is 0 Å². The van der Waals surface area contributed by atoms with Crippen molar-refractivity contribution in [2.45, 2.75) is 6.92 Å². The molecule has 0 amide bonds. The second-order valence-electron chi connectivity index (χ2n) is 5.46. The molecule has 0 spiro atoms. The maximum atomic E-state index is 13.0. The van der Waals surface area contributed by atoms with Crippen molar-refractivity contribution in [3.63, 3.8) is 0 Å². The van der Waals surface area contributed by atoms with Crippen LogP contribution in [-0.2, 0) is 0 Å². The van der Waals surface area contributed by atoms with Gasteiger partial charge in [0.1, 0.15) is 11.6 Å². The molecule has 0 aliphatic carbocycles.